The second-order valence-electron chi connectivity index (χ2n) is 4.01. The van der Waals surface area contributed by atoms with Gasteiger partial charge in [0.05, 0.1) is 21.2 Å². The molecular weight excluding hydrogens is 388 g/mol. The van der Waals surface area contributed by atoms with E-state index in [-0.39, 0.29) is 5.02 Å². The smallest absolute Gasteiger partial charge is 0.184 e. The Morgan fingerprint density at radius 1 is 1.30 bits per heavy atom. The summed E-state index contributed by atoms with van der Waals surface area (Å²) < 4.78 is 15.8. The maximum Gasteiger partial charge on any atom is 0.184 e. The molecule has 0 aliphatic rings. The maximum atomic E-state index is 13.3. The fourth-order valence-corrected chi connectivity index (χ4v) is 3.39. The topological polar surface area (TPSA) is 33.6 Å². The van der Waals surface area contributed by atoms with E-state index in [4.69, 9.17) is 35.4 Å². The van der Waals surface area contributed by atoms with Gasteiger partial charge in [-0.2, -0.15) is 0 Å². The third kappa shape index (κ3) is 2.26. The van der Waals surface area contributed by atoms with E-state index in [9.17, 15) is 4.39 Å². The fourth-order valence-electron chi connectivity index (χ4n) is 1.93. The van der Waals surface area contributed by atoms with Crippen molar-refractivity contribution >= 4 is 62.5 Å². The van der Waals surface area contributed by atoms with Crippen LogP contribution < -0.4 is 0 Å². The molecule has 3 aromatic rings. The van der Waals surface area contributed by atoms with Gasteiger partial charge in [-0.1, -0.05) is 23.2 Å². The summed E-state index contributed by atoms with van der Waals surface area (Å²) in [6.07, 6.45) is 1.51. The van der Waals surface area contributed by atoms with Gasteiger partial charge in [0.2, 0.25) is 0 Å². The predicted octanol–water partition coefficient (Wildman–Crippen LogP) is 5.29. The Bertz CT molecular complexity index is 867. The van der Waals surface area contributed by atoms with Gasteiger partial charge in [-0.05, 0) is 46.3 Å². The van der Waals surface area contributed by atoms with E-state index in [0.717, 1.165) is 0 Å². The second-order valence-corrected chi connectivity index (χ2v) is 6.09. The minimum absolute atomic E-state index is 0.227. The lowest BCUT2D eigenvalue weighted by atomic mass is 10.3. The standard InChI is InChI=1S/C12H5BrCl2FN3S/c13-7-2-6(16)3-8(15)10(7)19-11-9(18-12(19)20)1-5(14)4-17-11/h1-4H,(H,18,20). The first-order valence-electron chi connectivity index (χ1n) is 5.38. The molecule has 8 heteroatoms. The number of nitrogens with zero attached hydrogens (tertiary/aromatic N) is 2. The molecule has 3 rings (SSSR count). The second kappa shape index (κ2) is 5.11. The van der Waals surface area contributed by atoms with Crippen LogP contribution in [-0.4, -0.2) is 14.5 Å². The van der Waals surface area contributed by atoms with E-state index >= 15 is 0 Å². The first kappa shape index (κ1) is 14.0. The molecule has 0 spiro atoms. The molecular formula is C12H5BrCl2FN3S. The highest BCUT2D eigenvalue weighted by atomic mass is 79.9. The molecule has 3 nitrogen and oxygen atoms in total. The van der Waals surface area contributed by atoms with Crippen molar-refractivity contribution < 1.29 is 4.39 Å². The summed E-state index contributed by atoms with van der Waals surface area (Å²) in [7, 11) is 0. The predicted molar refractivity (Wildman–Crippen MR) is 83.9 cm³/mol. The molecule has 0 aliphatic heterocycles. The Morgan fingerprint density at radius 3 is 2.75 bits per heavy atom. The van der Waals surface area contributed by atoms with Crippen LogP contribution in [0.1, 0.15) is 0 Å². The lowest BCUT2D eigenvalue weighted by Gasteiger charge is -2.09. The van der Waals surface area contributed by atoms with Gasteiger partial charge in [-0.15, -0.1) is 0 Å². The van der Waals surface area contributed by atoms with Gasteiger partial charge in [0.25, 0.3) is 0 Å². The van der Waals surface area contributed by atoms with Gasteiger partial charge in [-0.25, -0.2) is 9.37 Å². The molecule has 2 heterocycles. The van der Waals surface area contributed by atoms with Gasteiger partial charge >= 0.3 is 0 Å². The average molecular weight is 393 g/mol. The number of fused-ring (bicyclic) bond motifs is 1. The summed E-state index contributed by atoms with van der Waals surface area (Å²) in [4.78, 5) is 7.24. The van der Waals surface area contributed by atoms with Crippen molar-refractivity contribution in [2.75, 3.05) is 0 Å². The Kier molecular flexibility index (Phi) is 3.58. The Balaban J connectivity index is 2.41. The van der Waals surface area contributed by atoms with Crippen LogP contribution in [0.5, 0.6) is 0 Å². The normalized spacial score (nSPS) is 11.2. The Morgan fingerprint density at radius 2 is 2.05 bits per heavy atom. The first-order valence-corrected chi connectivity index (χ1v) is 7.34. The minimum Gasteiger partial charge on any atom is -0.329 e. The van der Waals surface area contributed by atoms with Crippen molar-refractivity contribution in [1.82, 2.24) is 14.5 Å². The Labute approximate surface area is 136 Å². The molecule has 20 heavy (non-hydrogen) atoms. The van der Waals surface area contributed by atoms with Crippen molar-refractivity contribution in [3.63, 3.8) is 0 Å². The van der Waals surface area contributed by atoms with E-state index in [1.54, 1.807) is 10.6 Å². The van der Waals surface area contributed by atoms with Crippen LogP contribution in [0.2, 0.25) is 10.0 Å². The monoisotopic (exact) mass is 391 g/mol. The van der Waals surface area contributed by atoms with Crippen molar-refractivity contribution in [3.05, 3.63) is 49.5 Å². The van der Waals surface area contributed by atoms with Crippen LogP contribution in [0.4, 0.5) is 4.39 Å². The van der Waals surface area contributed by atoms with Crippen molar-refractivity contribution in [2.45, 2.75) is 0 Å². The molecule has 0 unspecified atom stereocenters. The molecule has 0 atom stereocenters. The van der Waals surface area contributed by atoms with Crippen molar-refractivity contribution in [2.24, 2.45) is 0 Å². The highest BCUT2D eigenvalue weighted by molar-refractivity contribution is 9.10. The van der Waals surface area contributed by atoms with E-state index in [1.165, 1.54) is 18.3 Å². The number of imidazole rings is 1. The molecule has 0 saturated carbocycles. The third-order valence-electron chi connectivity index (χ3n) is 2.70. The number of rotatable bonds is 1. The largest absolute Gasteiger partial charge is 0.329 e. The lowest BCUT2D eigenvalue weighted by Crippen LogP contribution is -1.98. The van der Waals surface area contributed by atoms with Crippen LogP contribution in [-0.2, 0) is 0 Å². The molecule has 1 aromatic carbocycles. The molecule has 1 N–H and O–H groups in total. The van der Waals surface area contributed by atoms with Crippen LogP contribution in [0.15, 0.2) is 28.9 Å². The molecule has 0 amide bonds. The minimum atomic E-state index is -0.437. The number of H-pyrrole nitrogens is 1. The van der Waals surface area contributed by atoms with Gasteiger partial charge in [0.1, 0.15) is 5.82 Å². The van der Waals surface area contributed by atoms with Gasteiger partial charge in [-0.3, -0.25) is 4.57 Å². The number of hydrogen-bond acceptors (Lipinski definition) is 2. The van der Waals surface area contributed by atoms with Gasteiger partial charge in [0.15, 0.2) is 10.4 Å². The summed E-state index contributed by atoms with van der Waals surface area (Å²) >= 11 is 20.6. The number of nitrogens with one attached hydrogen (secondary N) is 1. The highest BCUT2D eigenvalue weighted by Gasteiger charge is 2.15. The summed E-state index contributed by atoms with van der Waals surface area (Å²) in [6, 6.07) is 4.25. The summed E-state index contributed by atoms with van der Waals surface area (Å²) in [5.41, 5.74) is 1.77. The SMILES string of the molecule is Fc1cc(Cl)c(-n2c(=S)[nH]c3cc(Cl)cnc32)c(Br)c1. The van der Waals surface area contributed by atoms with Gasteiger partial charge in [0, 0.05) is 10.7 Å². The molecule has 2 aromatic heterocycles. The van der Waals surface area contributed by atoms with Crippen LogP contribution >= 0.6 is 51.3 Å². The lowest BCUT2D eigenvalue weighted by molar-refractivity contribution is 0.626. The van der Waals surface area contributed by atoms with E-state index < -0.39 is 5.82 Å². The summed E-state index contributed by atoms with van der Waals surface area (Å²) in [6.45, 7) is 0. The van der Waals surface area contributed by atoms with E-state index in [1.807, 2.05) is 0 Å². The highest BCUT2D eigenvalue weighted by Crippen LogP contribution is 2.32. The molecule has 0 fully saturated rings. The number of halogens is 4. The van der Waals surface area contributed by atoms with Crippen molar-refractivity contribution in [1.29, 1.82) is 0 Å². The first-order chi connectivity index (χ1) is 9.47. The molecule has 0 bridgehead atoms. The number of aromatic amines is 1. The molecule has 102 valence electrons. The average Bonchev–Trinajstić information content (AvgIpc) is 2.64. The van der Waals surface area contributed by atoms with Crippen LogP contribution in [0.25, 0.3) is 16.9 Å². The fraction of sp³-hybridized carbons (Fsp3) is 0. The zero-order valence-corrected chi connectivity index (χ0v) is 13.5. The Hall–Kier alpha value is -0.950. The van der Waals surface area contributed by atoms with E-state index in [0.29, 0.717) is 31.1 Å². The molecule has 0 saturated heterocycles. The number of hydrogen-bond donors (Lipinski definition) is 1. The zero-order chi connectivity index (χ0) is 14.4. The van der Waals surface area contributed by atoms with E-state index in [2.05, 4.69) is 25.9 Å². The van der Waals surface area contributed by atoms with Gasteiger partial charge < -0.3 is 4.98 Å². The number of pyridine rings is 1. The summed E-state index contributed by atoms with van der Waals surface area (Å²) in [5, 5.41) is 0.718. The molecule has 0 aliphatic carbocycles. The number of benzene rings is 1. The molecule has 0 radical (unpaired) electrons. The third-order valence-corrected chi connectivity index (χ3v) is 4.08. The quantitative estimate of drug-likeness (QED) is 0.570. The van der Waals surface area contributed by atoms with Crippen LogP contribution in [0, 0.1) is 10.6 Å². The zero-order valence-electron chi connectivity index (χ0n) is 9.62. The number of aromatic nitrogens is 3. The maximum absolute atomic E-state index is 13.3. The summed E-state index contributed by atoms with van der Waals surface area (Å²) in [5.74, 6) is -0.437. The van der Waals surface area contributed by atoms with Crippen molar-refractivity contribution in [3.8, 4) is 5.69 Å². The van der Waals surface area contributed by atoms with Crippen LogP contribution in [0.3, 0.4) is 0 Å².